The molecule has 3 aromatic carbocycles. The normalized spacial score (nSPS) is 31.1. The quantitative estimate of drug-likeness (QED) is 0.174. The Labute approximate surface area is 239 Å². The van der Waals surface area contributed by atoms with Crippen molar-refractivity contribution in [3.05, 3.63) is 107 Å². The number of amides is 2. The highest BCUT2D eigenvalue weighted by atomic mass is 32.2. The van der Waals surface area contributed by atoms with Gasteiger partial charge in [-0.25, -0.2) is 0 Å². The lowest BCUT2D eigenvalue weighted by molar-refractivity contribution is -0.217. The zero-order valence-electron chi connectivity index (χ0n) is 22.9. The van der Waals surface area contributed by atoms with E-state index < -0.39 is 32.5 Å². The monoisotopic (exact) mass is 573 g/mol. The minimum atomic E-state index is -3.72. The van der Waals surface area contributed by atoms with Gasteiger partial charge in [0.25, 0.3) is 10.1 Å². The maximum absolute atomic E-state index is 14.6. The summed E-state index contributed by atoms with van der Waals surface area (Å²) in [5.74, 6) is -1.31. The van der Waals surface area contributed by atoms with Crippen LogP contribution in [0.15, 0.2) is 78.9 Å². The standard InChI is InChI=1S/C32H31NO7S/c1-33-28(34)30-16-22(19-40-41(2,36)37)17-31(30,29(33)35)32(39-20-38-18-21-10-4-3-5-11-21)25-14-8-6-12-23(25)27(30)24-13-7-9-15-26(24)32/h3-15,22,27H,16-20H2,1-2H3/t22-,27?,30-,31+,32?/m1/s1. The van der Waals surface area contributed by atoms with Crippen LogP contribution in [0.1, 0.15) is 46.6 Å². The van der Waals surface area contributed by atoms with Gasteiger partial charge in [-0.15, -0.1) is 0 Å². The van der Waals surface area contributed by atoms with Crippen LogP contribution >= 0.6 is 0 Å². The van der Waals surface area contributed by atoms with Gasteiger partial charge in [0.05, 0.1) is 24.9 Å². The van der Waals surface area contributed by atoms with Gasteiger partial charge in [-0.2, -0.15) is 8.42 Å². The Hall–Kier alpha value is -3.37. The lowest BCUT2D eigenvalue weighted by Gasteiger charge is -2.62. The Balaban J connectivity index is 1.43. The van der Waals surface area contributed by atoms with E-state index in [4.69, 9.17) is 13.7 Å². The van der Waals surface area contributed by atoms with Crippen LogP contribution in [-0.4, -0.2) is 51.8 Å². The molecular formula is C32H31NO7S. The molecule has 1 saturated carbocycles. The van der Waals surface area contributed by atoms with Gasteiger partial charge in [0.2, 0.25) is 11.8 Å². The van der Waals surface area contributed by atoms with Crippen LogP contribution < -0.4 is 0 Å². The third-order valence-corrected chi connectivity index (χ3v) is 10.3. The first-order valence-corrected chi connectivity index (χ1v) is 15.6. The van der Waals surface area contributed by atoms with Gasteiger partial charge in [-0.3, -0.25) is 18.7 Å². The molecule has 0 N–H and O–H groups in total. The number of nitrogens with zero attached hydrogens (tertiary/aromatic N) is 1. The van der Waals surface area contributed by atoms with E-state index in [2.05, 4.69) is 0 Å². The Morgan fingerprint density at radius 2 is 1.46 bits per heavy atom. The SMILES string of the molecule is CN1C(=O)[C@]23C[C@@H](COS(C)(=O)=O)C[C@@]2(C1=O)C1(OCOCc2ccccc2)c2ccccc2C3c2ccccc21. The molecule has 3 atom stereocenters. The largest absolute Gasteiger partial charge is 0.351 e. The molecule has 0 aromatic heterocycles. The summed E-state index contributed by atoms with van der Waals surface area (Å²) in [5, 5.41) is 0. The number of likely N-dealkylation sites (tertiary alicyclic amines) is 1. The molecule has 2 amide bonds. The maximum Gasteiger partial charge on any atom is 0.264 e. The number of hydrogen-bond acceptors (Lipinski definition) is 7. The first-order chi connectivity index (χ1) is 19.7. The smallest absolute Gasteiger partial charge is 0.264 e. The molecule has 1 aliphatic heterocycles. The fourth-order valence-electron chi connectivity index (χ4n) is 8.56. The Kier molecular flexibility index (Phi) is 5.86. The van der Waals surface area contributed by atoms with E-state index in [0.29, 0.717) is 13.0 Å². The Morgan fingerprint density at radius 3 is 2.10 bits per heavy atom. The minimum Gasteiger partial charge on any atom is -0.351 e. The lowest BCUT2D eigenvalue weighted by Crippen LogP contribution is -2.66. The molecule has 1 saturated heterocycles. The number of benzene rings is 3. The van der Waals surface area contributed by atoms with Crippen LogP contribution in [0.3, 0.4) is 0 Å². The van der Waals surface area contributed by atoms with E-state index in [1.807, 2.05) is 78.9 Å². The van der Waals surface area contributed by atoms with Crippen LogP contribution in [0.25, 0.3) is 0 Å². The van der Waals surface area contributed by atoms with Crippen molar-refractivity contribution < 1.29 is 31.7 Å². The van der Waals surface area contributed by atoms with Crippen molar-refractivity contribution in [2.45, 2.75) is 31.0 Å². The van der Waals surface area contributed by atoms with Crippen LogP contribution in [0, 0.1) is 16.7 Å². The fourth-order valence-corrected chi connectivity index (χ4v) is 9.00. The average Bonchev–Trinajstić information content (AvgIpc) is 3.42. The number of rotatable bonds is 8. The first-order valence-electron chi connectivity index (χ1n) is 13.8. The summed E-state index contributed by atoms with van der Waals surface area (Å²) in [6.45, 7) is 0.0982. The fraction of sp³-hybridized carbons (Fsp3) is 0.375. The zero-order chi connectivity index (χ0) is 28.6. The summed E-state index contributed by atoms with van der Waals surface area (Å²) < 4.78 is 42.2. The van der Waals surface area contributed by atoms with E-state index >= 15 is 0 Å². The molecule has 4 aliphatic carbocycles. The van der Waals surface area contributed by atoms with Crippen molar-refractivity contribution in [3.8, 4) is 0 Å². The van der Waals surface area contributed by atoms with Crippen molar-refractivity contribution in [3.63, 3.8) is 0 Å². The molecule has 41 heavy (non-hydrogen) atoms. The molecule has 2 bridgehead atoms. The Bertz CT molecular complexity index is 1620. The number of imide groups is 1. The molecule has 9 heteroatoms. The molecule has 2 fully saturated rings. The molecule has 1 heterocycles. The number of carbonyl (C=O) groups excluding carboxylic acids is 2. The molecule has 212 valence electrons. The highest BCUT2D eigenvalue weighted by Gasteiger charge is 2.86. The average molecular weight is 574 g/mol. The van der Waals surface area contributed by atoms with Crippen molar-refractivity contribution in [2.24, 2.45) is 16.7 Å². The second-order valence-electron chi connectivity index (χ2n) is 11.7. The van der Waals surface area contributed by atoms with Crippen LogP contribution in [0.2, 0.25) is 0 Å². The molecule has 8 rings (SSSR count). The van der Waals surface area contributed by atoms with Crippen LogP contribution in [0.5, 0.6) is 0 Å². The van der Waals surface area contributed by atoms with Gasteiger partial charge in [-0.1, -0.05) is 78.9 Å². The predicted octanol–water partition coefficient (Wildman–Crippen LogP) is 3.94. The van der Waals surface area contributed by atoms with Crippen molar-refractivity contribution in [2.75, 3.05) is 26.7 Å². The van der Waals surface area contributed by atoms with Crippen molar-refractivity contribution >= 4 is 21.9 Å². The minimum absolute atomic E-state index is 0.105. The summed E-state index contributed by atoms with van der Waals surface area (Å²) in [4.78, 5) is 30.3. The summed E-state index contributed by atoms with van der Waals surface area (Å²) >= 11 is 0. The first kappa shape index (κ1) is 26.5. The Morgan fingerprint density at radius 1 is 0.854 bits per heavy atom. The number of carbonyl (C=O) groups is 2. The predicted molar refractivity (Wildman–Crippen MR) is 149 cm³/mol. The van der Waals surface area contributed by atoms with Crippen molar-refractivity contribution in [1.82, 2.24) is 4.90 Å². The summed E-state index contributed by atoms with van der Waals surface area (Å²) in [6.07, 6.45) is 1.57. The maximum atomic E-state index is 14.6. The van der Waals surface area contributed by atoms with Gasteiger partial charge >= 0.3 is 0 Å². The highest BCUT2D eigenvalue weighted by molar-refractivity contribution is 7.85. The third-order valence-electron chi connectivity index (χ3n) is 9.71. The summed E-state index contributed by atoms with van der Waals surface area (Å²) in [5.41, 5.74) is 0.792. The van der Waals surface area contributed by atoms with E-state index in [0.717, 1.165) is 34.1 Å². The molecular weight excluding hydrogens is 542 g/mol. The summed E-state index contributed by atoms with van der Waals surface area (Å²) in [6, 6.07) is 25.5. The molecule has 5 aliphatic rings. The van der Waals surface area contributed by atoms with Gasteiger partial charge in [0, 0.05) is 13.0 Å². The second kappa shape index (κ2) is 9.06. The van der Waals surface area contributed by atoms with E-state index in [1.165, 1.54) is 4.90 Å². The molecule has 0 unspecified atom stereocenters. The van der Waals surface area contributed by atoms with Gasteiger partial charge in [-0.05, 0) is 46.6 Å². The molecule has 0 radical (unpaired) electrons. The highest BCUT2D eigenvalue weighted by Crippen LogP contribution is 2.81. The molecule has 8 nitrogen and oxygen atoms in total. The second-order valence-corrected chi connectivity index (χ2v) is 13.3. The van der Waals surface area contributed by atoms with Crippen LogP contribution in [0.4, 0.5) is 0 Å². The van der Waals surface area contributed by atoms with E-state index in [9.17, 15) is 18.0 Å². The van der Waals surface area contributed by atoms with E-state index in [-0.39, 0.29) is 37.6 Å². The van der Waals surface area contributed by atoms with E-state index in [1.54, 1.807) is 7.05 Å². The number of hydrogen-bond donors (Lipinski definition) is 0. The molecule has 0 spiro atoms. The van der Waals surface area contributed by atoms with Gasteiger partial charge in [0.15, 0.2) is 0 Å². The van der Waals surface area contributed by atoms with Crippen molar-refractivity contribution in [1.29, 1.82) is 0 Å². The lowest BCUT2D eigenvalue weighted by atomic mass is 9.40. The van der Waals surface area contributed by atoms with Gasteiger partial charge in [0.1, 0.15) is 17.8 Å². The van der Waals surface area contributed by atoms with Crippen LogP contribution in [-0.2, 0) is 45.6 Å². The number of ether oxygens (including phenoxy) is 2. The van der Waals surface area contributed by atoms with Gasteiger partial charge < -0.3 is 9.47 Å². The summed E-state index contributed by atoms with van der Waals surface area (Å²) in [7, 11) is -2.17. The topological polar surface area (TPSA) is 99.2 Å². The third kappa shape index (κ3) is 3.34. The zero-order valence-corrected chi connectivity index (χ0v) is 23.7. The molecule has 3 aromatic rings.